The van der Waals surface area contributed by atoms with Crippen molar-refractivity contribution in [3.63, 3.8) is 0 Å². The van der Waals surface area contributed by atoms with Gasteiger partial charge in [-0.25, -0.2) is 13.2 Å². The Bertz CT molecular complexity index is 619. The fraction of sp³-hybridized carbons (Fsp3) is 0.417. The van der Waals surface area contributed by atoms with Crippen molar-refractivity contribution in [1.29, 1.82) is 0 Å². The number of aliphatic hydroxyl groups is 1. The Morgan fingerprint density at radius 3 is 2.74 bits per heavy atom. The van der Waals surface area contributed by atoms with Crippen LogP contribution in [0.2, 0.25) is 0 Å². The third-order valence-corrected chi connectivity index (χ3v) is 4.07. The van der Waals surface area contributed by atoms with E-state index in [4.69, 9.17) is 9.84 Å². The molecule has 19 heavy (non-hydrogen) atoms. The predicted molar refractivity (Wildman–Crippen MR) is 66.1 cm³/mol. The van der Waals surface area contributed by atoms with E-state index in [-0.39, 0.29) is 29.2 Å². The summed E-state index contributed by atoms with van der Waals surface area (Å²) in [6.07, 6.45) is 0.802. The molecule has 1 N–H and O–H groups in total. The molecule has 2 rings (SSSR count). The van der Waals surface area contributed by atoms with Crippen LogP contribution in [0.3, 0.4) is 0 Å². The normalized spacial score (nSPS) is 17.7. The lowest BCUT2D eigenvalue weighted by Gasteiger charge is -2.10. The molecule has 0 fully saturated rings. The SMILES string of the molecule is COC(=O)c1ccc(S(C)(=O)=O)c2c1CC(CO)O2. The Morgan fingerprint density at radius 2 is 2.21 bits per heavy atom. The number of hydrogen-bond donors (Lipinski definition) is 1. The van der Waals surface area contributed by atoms with Crippen molar-refractivity contribution in [3.05, 3.63) is 23.3 Å². The van der Waals surface area contributed by atoms with Gasteiger partial charge in [0.2, 0.25) is 0 Å². The van der Waals surface area contributed by atoms with Crippen LogP contribution in [0.5, 0.6) is 5.75 Å². The van der Waals surface area contributed by atoms with Crippen molar-refractivity contribution in [3.8, 4) is 5.75 Å². The molecule has 0 aromatic heterocycles. The number of rotatable bonds is 3. The molecule has 1 atom stereocenters. The molecule has 1 unspecified atom stereocenters. The van der Waals surface area contributed by atoms with Crippen LogP contribution in [0.1, 0.15) is 15.9 Å². The van der Waals surface area contributed by atoms with Gasteiger partial charge < -0.3 is 14.6 Å². The Hall–Kier alpha value is -1.60. The number of aliphatic hydroxyl groups excluding tert-OH is 1. The number of methoxy groups -OCH3 is 1. The molecule has 1 heterocycles. The molecular weight excluding hydrogens is 272 g/mol. The van der Waals surface area contributed by atoms with E-state index in [1.54, 1.807) is 0 Å². The van der Waals surface area contributed by atoms with E-state index in [1.807, 2.05) is 0 Å². The first-order valence-electron chi connectivity index (χ1n) is 5.60. The summed E-state index contributed by atoms with van der Waals surface area (Å²) in [5.74, 6) is -0.414. The molecule has 1 aliphatic heterocycles. The summed E-state index contributed by atoms with van der Waals surface area (Å²) in [7, 11) is -2.22. The molecule has 1 aromatic rings. The van der Waals surface area contributed by atoms with Gasteiger partial charge in [-0.15, -0.1) is 0 Å². The number of hydrogen-bond acceptors (Lipinski definition) is 6. The van der Waals surface area contributed by atoms with Gasteiger partial charge in [-0.3, -0.25) is 0 Å². The zero-order valence-electron chi connectivity index (χ0n) is 10.5. The minimum atomic E-state index is -3.47. The Labute approximate surface area is 110 Å². The lowest BCUT2D eigenvalue weighted by Crippen LogP contribution is -2.18. The largest absolute Gasteiger partial charge is 0.486 e. The molecule has 6 nitrogen and oxygen atoms in total. The zero-order valence-corrected chi connectivity index (χ0v) is 11.4. The van der Waals surface area contributed by atoms with Crippen molar-refractivity contribution >= 4 is 15.8 Å². The van der Waals surface area contributed by atoms with Gasteiger partial charge >= 0.3 is 5.97 Å². The van der Waals surface area contributed by atoms with Crippen LogP contribution in [0, 0.1) is 0 Å². The number of esters is 1. The molecule has 0 bridgehead atoms. The van der Waals surface area contributed by atoms with Crippen LogP contribution < -0.4 is 4.74 Å². The summed E-state index contributed by atoms with van der Waals surface area (Å²) in [5, 5.41) is 9.13. The summed E-state index contributed by atoms with van der Waals surface area (Å²) in [4.78, 5) is 11.7. The standard InChI is InChI=1S/C12H14O6S/c1-17-12(14)8-3-4-10(19(2,15)16)11-9(8)5-7(6-13)18-11/h3-4,7,13H,5-6H2,1-2H3. The summed E-state index contributed by atoms with van der Waals surface area (Å²) in [5.41, 5.74) is 0.731. The Morgan fingerprint density at radius 1 is 1.53 bits per heavy atom. The smallest absolute Gasteiger partial charge is 0.338 e. The van der Waals surface area contributed by atoms with Crippen molar-refractivity contribution in [2.45, 2.75) is 17.4 Å². The van der Waals surface area contributed by atoms with Crippen LogP contribution in [0.15, 0.2) is 17.0 Å². The summed E-state index contributed by atoms with van der Waals surface area (Å²) in [6.45, 7) is -0.251. The molecule has 0 aliphatic carbocycles. The van der Waals surface area contributed by atoms with Crippen molar-refractivity contribution in [1.82, 2.24) is 0 Å². The van der Waals surface area contributed by atoms with Gasteiger partial charge in [0.15, 0.2) is 9.84 Å². The first kappa shape index (κ1) is 13.8. The molecule has 0 spiro atoms. The van der Waals surface area contributed by atoms with Gasteiger partial charge in [0.05, 0.1) is 19.3 Å². The second-order valence-corrected chi connectivity index (χ2v) is 6.29. The average molecular weight is 286 g/mol. The number of carbonyl (C=O) groups excluding carboxylic acids is 1. The van der Waals surface area contributed by atoms with E-state index in [1.165, 1.54) is 19.2 Å². The Kier molecular flexibility index (Phi) is 3.51. The summed E-state index contributed by atoms with van der Waals surface area (Å²) in [6, 6.07) is 2.73. The van der Waals surface area contributed by atoms with Gasteiger partial charge in [-0.1, -0.05) is 0 Å². The second-order valence-electron chi connectivity index (χ2n) is 4.31. The molecule has 1 aromatic carbocycles. The van der Waals surface area contributed by atoms with E-state index in [0.29, 0.717) is 5.56 Å². The number of benzene rings is 1. The minimum absolute atomic E-state index is 0.0195. The number of sulfone groups is 1. The second kappa shape index (κ2) is 4.82. The van der Waals surface area contributed by atoms with Crippen LogP contribution in [0.4, 0.5) is 0 Å². The summed E-state index contributed by atoms with van der Waals surface area (Å²) < 4.78 is 33.4. The van der Waals surface area contributed by atoms with Crippen molar-refractivity contribution in [2.24, 2.45) is 0 Å². The van der Waals surface area contributed by atoms with Gasteiger partial charge in [0, 0.05) is 18.2 Å². The van der Waals surface area contributed by atoms with E-state index >= 15 is 0 Å². The number of carbonyl (C=O) groups is 1. The monoisotopic (exact) mass is 286 g/mol. The topological polar surface area (TPSA) is 89.9 Å². The number of fused-ring (bicyclic) bond motifs is 1. The van der Waals surface area contributed by atoms with E-state index in [9.17, 15) is 13.2 Å². The van der Waals surface area contributed by atoms with Crippen molar-refractivity contribution < 1.29 is 27.8 Å². The summed E-state index contributed by atoms with van der Waals surface area (Å²) >= 11 is 0. The highest BCUT2D eigenvalue weighted by Crippen LogP contribution is 2.37. The quantitative estimate of drug-likeness (QED) is 0.797. The first-order chi connectivity index (χ1) is 8.88. The number of ether oxygens (including phenoxy) is 2. The molecular formula is C12H14O6S. The molecule has 104 valence electrons. The fourth-order valence-corrected chi connectivity index (χ4v) is 2.89. The van der Waals surface area contributed by atoms with Crippen LogP contribution in [0.25, 0.3) is 0 Å². The van der Waals surface area contributed by atoms with E-state index < -0.39 is 21.9 Å². The molecule has 0 saturated carbocycles. The first-order valence-corrected chi connectivity index (χ1v) is 7.49. The molecule has 7 heteroatoms. The molecule has 0 amide bonds. The minimum Gasteiger partial charge on any atom is -0.486 e. The van der Waals surface area contributed by atoms with Crippen LogP contribution >= 0.6 is 0 Å². The van der Waals surface area contributed by atoms with Crippen molar-refractivity contribution in [2.75, 3.05) is 20.0 Å². The highest BCUT2D eigenvalue weighted by molar-refractivity contribution is 7.90. The lowest BCUT2D eigenvalue weighted by atomic mass is 10.0. The van der Waals surface area contributed by atoms with E-state index in [0.717, 1.165) is 6.26 Å². The van der Waals surface area contributed by atoms with Gasteiger partial charge in [-0.2, -0.15) is 0 Å². The maximum absolute atomic E-state index is 11.7. The maximum atomic E-state index is 11.7. The third kappa shape index (κ3) is 2.43. The van der Waals surface area contributed by atoms with E-state index in [2.05, 4.69) is 4.74 Å². The van der Waals surface area contributed by atoms with Gasteiger partial charge in [0.25, 0.3) is 0 Å². The fourth-order valence-electron chi connectivity index (χ4n) is 2.07. The van der Waals surface area contributed by atoms with Gasteiger partial charge in [0.1, 0.15) is 16.7 Å². The lowest BCUT2D eigenvalue weighted by molar-refractivity contribution is 0.0599. The third-order valence-electron chi connectivity index (χ3n) is 2.95. The van der Waals surface area contributed by atoms with Crippen LogP contribution in [-0.2, 0) is 21.0 Å². The molecule has 0 radical (unpaired) electrons. The average Bonchev–Trinajstić information content (AvgIpc) is 2.78. The van der Waals surface area contributed by atoms with Crippen LogP contribution in [-0.4, -0.2) is 45.6 Å². The Balaban J connectivity index is 2.62. The zero-order chi connectivity index (χ0) is 14.2. The predicted octanol–water partition coefficient (Wildman–Crippen LogP) is 0.172. The highest BCUT2D eigenvalue weighted by atomic mass is 32.2. The maximum Gasteiger partial charge on any atom is 0.338 e. The van der Waals surface area contributed by atoms with Gasteiger partial charge in [-0.05, 0) is 12.1 Å². The molecule has 1 aliphatic rings. The molecule has 0 saturated heterocycles. The highest BCUT2D eigenvalue weighted by Gasteiger charge is 2.32.